The summed E-state index contributed by atoms with van der Waals surface area (Å²) in [4.78, 5) is 13.2. The number of hydrogen-bond donors (Lipinski definition) is 0. The van der Waals surface area contributed by atoms with Crippen molar-refractivity contribution in [2.24, 2.45) is 10.8 Å². The second kappa shape index (κ2) is 9.58. The zero-order chi connectivity index (χ0) is 22.6. The van der Waals surface area contributed by atoms with E-state index in [1.807, 2.05) is 12.1 Å². The van der Waals surface area contributed by atoms with Gasteiger partial charge in [0, 0.05) is 0 Å². The van der Waals surface area contributed by atoms with Crippen LogP contribution in [0.25, 0.3) is 0 Å². The van der Waals surface area contributed by atoms with E-state index in [4.69, 9.17) is 9.47 Å². The summed E-state index contributed by atoms with van der Waals surface area (Å²) in [7, 11) is 0. The summed E-state index contributed by atoms with van der Waals surface area (Å²) in [6.07, 6.45) is 7.90. The summed E-state index contributed by atoms with van der Waals surface area (Å²) in [5.74, 6) is 0.641. The highest BCUT2D eigenvalue weighted by Crippen LogP contribution is 2.46. The lowest BCUT2D eigenvalue weighted by atomic mass is 9.67. The first-order chi connectivity index (χ1) is 13.9. The van der Waals surface area contributed by atoms with E-state index in [9.17, 15) is 4.79 Å². The first-order valence-electron chi connectivity index (χ1n) is 11.5. The maximum absolute atomic E-state index is 13.2. The van der Waals surface area contributed by atoms with Gasteiger partial charge in [0.15, 0.2) is 0 Å². The minimum Gasteiger partial charge on any atom is -0.489 e. The van der Waals surface area contributed by atoms with Crippen LogP contribution < -0.4 is 4.74 Å². The van der Waals surface area contributed by atoms with Gasteiger partial charge in [0.1, 0.15) is 23.5 Å². The molecule has 0 aliphatic heterocycles. The number of hydrogen-bond acceptors (Lipinski definition) is 3. The van der Waals surface area contributed by atoms with Gasteiger partial charge in [-0.15, -0.1) is 0 Å². The van der Waals surface area contributed by atoms with Gasteiger partial charge in [-0.05, 0) is 73.5 Å². The molecule has 0 radical (unpaired) electrons. The van der Waals surface area contributed by atoms with Crippen LogP contribution in [0.15, 0.2) is 30.9 Å². The molecule has 1 aromatic rings. The van der Waals surface area contributed by atoms with Crippen LogP contribution in [0.1, 0.15) is 109 Å². The maximum atomic E-state index is 13.2. The van der Waals surface area contributed by atoms with Crippen molar-refractivity contribution in [2.45, 2.75) is 98.5 Å². The maximum Gasteiger partial charge on any atom is 0.342 e. The second-order valence-electron chi connectivity index (χ2n) is 11.1. The number of carbonyl (C=O) groups excluding carboxylic acids is 1. The molecule has 1 aromatic carbocycles. The van der Waals surface area contributed by atoms with Crippen molar-refractivity contribution in [3.63, 3.8) is 0 Å². The first kappa shape index (κ1) is 24.5. The summed E-state index contributed by atoms with van der Waals surface area (Å²) in [5.41, 5.74) is 1.67. The third-order valence-corrected chi connectivity index (χ3v) is 6.65. The molecule has 1 unspecified atom stereocenters. The zero-order valence-corrected chi connectivity index (χ0v) is 20.3. The topological polar surface area (TPSA) is 35.5 Å². The third-order valence-electron chi connectivity index (χ3n) is 6.65. The summed E-state index contributed by atoms with van der Waals surface area (Å²) in [6.45, 7) is 19.9. The Morgan fingerprint density at radius 1 is 1.20 bits per heavy atom. The molecule has 1 atom stereocenters. The first-order valence-corrected chi connectivity index (χ1v) is 11.5. The molecule has 0 bridgehead atoms. The van der Waals surface area contributed by atoms with Gasteiger partial charge in [-0.25, -0.2) is 4.79 Å². The monoisotopic (exact) mass is 414 g/mol. The lowest BCUT2D eigenvalue weighted by molar-refractivity contribution is -0.00642. The summed E-state index contributed by atoms with van der Waals surface area (Å²) in [5, 5.41) is 0. The van der Waals surface area contributed by atoms with Crippen molar-refractivity contribution in [1.29, 1.82) is 0 Å². The highest BCUT2D eigenvalue weighted by molar-refractivity contribution is 5.93. The highest BCUT2D eigenvalue weighted by atomic mass is 16.6. The Labute approximate surface area is 184 Å². The van der Waals surface area contributed by atoms with Gasteiger partial charge >= 0.3 is 5.97 Å². The Morgan fingerprint density at radius 2 is 1.83 bits per heavy atom. The molecule has 1 aliphatic rings. The normalized spacial score (nSPS) is 17.4. The molecule has 1 aliphatic carbocycles. The van der Waals surface area contributed by atoms with Crippen molar-refractivity contribution in [2.75, 3.05) is 6.61 Å². The number of carbonyl (C=O) groups is 1. The molecule has 0 spiro atoms. The van der Waals surface area contributed by atoms with Crippen molar-refractivity contribution in [3.8, 4) is 5.75 Å². The van der Waals surface area contributed by atoms with Crippen molar-refractivity contribution >= 4 is 5.97 Å². The molecule has 1 saturated carbocycles. The molecule has 0 aromatic heterocycles. The molecule has 3 heteroatoms. The van der Waals surface area contributed by atoms with E-state index in [2.05, 4.69) is 61.1 Å². The third kappa shape index (κ3) is 6.36. The van der Waals surface area contributed by atoms with Gasteiger partial charge in [-0.1, -0.05) is 66.7 Å². The Morgan fingerprint density at radius 3 is 2.37 bits per heavy atom. The van der Waals surface area contributed by atoms with E-state index in [-0.39, 0.29) is 22.4 Å². The fourth-order valence-electron chi connectivity index (χ4n) is 4.41. The van der Waals surface area contributed by atoms with Crippen LogP contribution in [0.3, 0.4) is 0 Å². The van der Waals surface area contributed by atoms with Gasteiger partial charge in [0.2, 0.25) is 0 Å². The van der Waals surface area contributed by atoms with Gasteiger partial charge in [-0.2, -0.15) is 0 Å². The summed E-state index contributed by atoms with van der Waals surface area (Å²) < 4.78 is 11.8. The fraction of sp³-hybridized carbons (Fsp3) is 0.667. The Hall–Kier alpha value is -1.77. The highest BCUT2D eigenvalue weighted by Gasteiger charge is 2.36. The molecule has 2 rings (SSSR count). The summed E-state index contributed by atoms with van der Waals surface area (Å²) in [6, 6.07) is 6.08. The van der Waals surface area contributed by atoms with Crippen LogP contribution in [0.4, 0.5) is 0 Å². The Bertz CT molecular complexity index is 733. The molecule has 30 heavy (non-hydrogen) atoms. The standard InChI is InChI=1S/C27H42O3/c1-9-17-29-23-14-13-20(22(19-25(3,4)5)26(6,7)10-2)18-21(23)24(28)30-27(8)15-11-12-16-27/h9,13-14,18,22H,1,10-12,15-17,19H2,2-8H3. The predicted molar refractivity (Wildman–Crippen MR) is 125 cm³/mol. The van der Waals surface area contributed by atoms with Gasteiger partial charge in [0.05, 0.1) is 0 Å². The lowest BCUT2D eigenvalue weighted by Crippen LogP contribution is -2.29. The van der Waals surface area contributed by atoms with Crippen LogP contribution >= 0.6 is 0 Å². The molecular formula is C27H42O3. The molecule has 0 N–H and O–H groups in total. The molecule has 168 valence electrons. The Kier molecular flexibility index (Phi) is 7.82. The SMILES string of the molecule is C=CCOc1ccc(C(CC(C)(C)C)C(C)(C)CC)cc1C(=O)OC1(C)CCCC1. The second-order valence-corrected chi connectivity index (χ2v) is 11.1. The van der Waals surface area contributed by atoms with E-state index in [1.165, 1.54) is 5.56 Å². The van der Waals surface area contributed by atoms with Gasteiger partial charge in [-0.3, -0.25) is 0 Å². The number of rotatable bonds is 9. The van der Waals surface area contributed by atoms with E-state index < -0.39 is 0 Å². The number of esters is 1. The van der Waals surface area contributed by atoms with Crippen LogP contribution in [-0.4, -0.2) is 18.2 Å². The Balaban J connectivity index is 2.46. The van der Waals surface area contributed by atoms with Crippen LogP contribution in [0.2, 0.25) is 0 Å². The van der Waals surface area contributed by atoms with Crippen LogP contribution in [0.5, 0.6) is 5.75 Å². The molecular weight excluding hydrogens is 372 g/mol. The molecule has 0 heterocycles. The fourth-order valence-corrected chi connectivity index (χ4v) is 4.41. The van der Waals surface area contributed by atoms with E-state index in [1.54, 1.807) is 6.08 Å². The van der Waals surface area contributed by atoms with Crippen molar-refractivity contribution in [3.05, 3.63) is 42.0 Å². The molecule has 3 nitrogen and oxygen atoms in total. The zero-order valence-electron chi connectivity index (χ0n) is 20.3. The largest absolute Gasteiger partial charge is 0.489 e. The summed E-state index contributed by atoms with van der Waals surface area (Å²) >= 11 is 0. The predicted octanol–water partition coefficient (Wildman–Crippen LogP) is 7.70. The number of benzene rings is 1. The van der Waals surface area contributed by atoms with Gasteiger partial charge in [0.25, 0.3) is 0 Å². The molecule has 1 fully saturated rings. The van der Waals surface area contributed by atoms with E-state index >= 15 is 0 Å². The molecule has 0 amide bonds. The lowest BCUT2D eigenvalue weighted by Gasteiger charge is -2.38. The average Bonchev–Trinajstić information content (AvgIpc) is 3.09. The van der Waals surface area contributed by atoms with Gasteiger partial charge < -0.3 is 9.47 Å². The van der Waals surface area contributed by atoms with Crippen LogP contribution in [-0.2, 0) is 4.74 Å². The molecule has 0 saturated heterocycles. The van der Waals surface area contributed by atoms with E-state index in [0.29, 0.717) is 23.8 Å². The smallest absolute Gasteiger partial charge is 0.342 e. The van der Waals surface area contributed by atoms with Crippen molar-refractivity contribution < 1.29 is 14.3 Å². The minimum absolute atomic E-state index is 0.120. The average molecular weight is 415 g/mol. The van der Waals surface area contributed by atoms with Crippen LogP contribution in [0, 0.1) is 10.8 Å². The van der Waals surface area contributed by atoms with Crippen molar-refractivity contribution in [1.82, 2.24) is 0 Å². The number of ether oxygens (including phenoxy) is 2. The van der Waals surface area contributed by atoms with E-state index in [0.717, 1.165) is 38.5 Å². The minimum atomic E-state index is -0.365. The quantitative estimate of drug-likeness (QED) is 0.307.